The summed E-state index contributed by atoms with van der Waals surface area (Å²) in [6.07, 6.45) is 3.01. The number of thiophene rings is 1. The molecule has 0 aliphatic carbocycles. The minimum absolute atomic E-state index is 0.0334. The average Bonchev–Trinajstić information content (AvgIpc) is 3.34. The predicted octanol–water partition coefficient (Wildman–Crippen LogP) is 6.20. The lowest BCUT2D eigenvalue weighted by molar-refractivity contribution is 0.0692. The van der Waals surface area contributed by atoms with E-state index in [1.165, 1.54) is 17.7 Å². The second kappa shape index (κ2) is 8.60. The molecule has 1 aliphatic rings. The summed E-state index contributed by atoms with van der Waals surface area (Å²) in [6, 6.07) is 20.8. The summed E-state index contributed by atoms with van der Waals surface area (Å²) < 4.78 is 14.0. The van der Waals surface area contributed by atoms with Gasteiger partial charge in [-0.25, -0.2) is 9.37 Å². The highest BCUT2D eigenvalue weighted by Gasteiger charge is 2.26. The normalized spacial score (nSPS) is 14.8. The van der Waals surface area contributed by atoms with Crippen molar-refractivity contribution in [3.05, 3.63) is 89.1 Å². The van der Waals surface area contributed by atoms with Gasteiger partial charge in [-0.05, 0) is 66.5 Å². The van der Waals surface area contributed by atoms with E-state index in [0.29, 0.717) is 22.4 Å². The molecule has 3 nitrogen and oxygen atoms in total. The first-order valence-corrected chi connectivity index (χ1v) is 11.5. The predicted molar refractivity (Wildman–Crippen MR) is 124 cm³/mol. The SMILES string of the molecule is O=C(c1cc(-c2cccs2)nc2ccc(F)cc12)N1CCC(Cc2ccccc2)CC1. The van der Waals surface area contributed by atoms with Gasteiger partial charge < -0.3 is 4.90 Å². The number of carbonyl (C=O) groups is 1. The van der Waals surface area contributed by atoms with Crippen LogP contribution in [0.3, 0.4) is 0 Å². The topological polar surface area (TPSA) is 33.2 Å². The number of likely N-dealkylation sites (tertiary alicyclic amines) is 1. The van der Waals surface area contributed by atoms with Gasteiger partial charge in [-0.1, -0.05) is 36.4 Å². The zero-order valence-electron chi connectivity index (χ0n) is 17.1. The first kappa shape index (κ1) is 19.9. The molecule has 0 radical (unpaired) electrons. The largest absolute Gasteiger partial charge is 0.339 e. The number of nitrogens with zero attached hydrogens (tertiary/aromatic N) is 2. The molecule has 156 valence electrons. The monoisotopic (exact) mass is 430 g/mol. The smallest absolute Gasteiger partial charge is 0.254 e. The van der Waals surface area contributed by atoms with Crippen LogP contribution < -0.4 is 0 Å². The van der Waals surface area contributed by atoms with Crippen LogP contribution in [0.15, 0.2) is 72.1 Å². The zero-order valence-corrected chi connectivity index (χ0v) is 17.9. The van der Waals surface area contributed by atoms with E-state index >= 15 is 0 Å². The summed E-state index contributed by atoms with van der Waals surface area (Å²) in [6.45, 7) is 1.45. The number of hydrogen-bond donors (Lipinski definition) is 0. The number of aromatic nitrogens is 1. The van der Waals surface area contributed by atoms with E-state index in [0.717, 1.165) is 42.9 Å². The van der Waals surface area contributed by atoms with Crippen LogP contribution >= 0.6 is 11.3 Å². The number of fused-ring (bicyclic) bond motifs is 1. The van der Waals surface area contributed by atoms with E-state index in [1.807, 2.05) is 34.5 Å². The Labute approximate surface area is 185 Å². The number of piperidine rings is 1. The molecule has 5 rings (SSSR count). The Morgan fingerprint density at radius 2 is 1.84 bits per heavy atom. The van der Waals surface area contributed by atoms with Crippen molar-refractivity contribution in [2.45, 2.75) is 19.3 Å². The molecule has 5 heteroatoms. The highest BCUT2D eigenvalue weighted by molar-refractivity contribution is 7.13. The molecule has 1 saturated heterocycles. The molecule has 0 saturated carbocycles. The maximum absolute atomic E-state index is 14.0. The van der Waals surface area contributed by atoms with Gasteiger partial charge in [0.1, 0.15) is 5.82 Å². The van der Waals surface area contributed by atoms with Gasteiger partial charge in [0.05, 0.1) is 21.7 Å². The van der Waals surface area contributed by atoms with Gasteiger partial charge in [-0.3, -0.25) is 4.79 Å². The molecule has 0 spiro atoms. The van der Waals surface area contributed by atoms with Crippen LogP contribution in [-0.2, 0) is 6.42 Å². The Bertz CT molecular complexity index is 1200. The van der Waals surface area contributed by atoms with Gasteiger partial charge in [-0.15, -0.1) is 11.3 Å². The Morgan fingerprint density at radius 3 is 2.58 bits per heavy atom. The van der Waals surface area contributed by atoms with Gasteiger partial charge >= 0.3 is 0 Å². The van der Waals surface area contributed by atoms with Crippen molar-refractivity contribution in [2.24, 2.45) is 5.92 Å². The van der Waals surface area contributed by atoms with E-state index in [1.54, 1.807) is 17.4 Å². The number of carbonyl (C=O) groups excluding carboxylic acids is 1. The van der Waals surface area contributed by atoms with E-state index in [4.69, 9.17) is 0 Å². The van der Waals surface area contributed by atoms with Crippen molar-refractivity contribution in [3.63, 3.8) is 0 Å². The fraction of sp³-hybridized carbons (Fsp3) is 0.231. The zero-order chi connectivity index (χ0) is 21.2. The van der Waals surface area contributed by atoms with Gasteiger partial charge in [0.15, 0.2) is 0 Å². The Balaban J connectivity index is 1.40. The fourth-order valence-corrected chi connectivity index (χ4v) is 5.07. The second-order valence-electron chi connectivity index (χ2n) is 8.12. The molecular formula is C26H23FN2OS. The van der Waals surface area contributed by atoms with Crippen LogP contribution in [0.25, 0.3) is 21.5 Å². The Kier molecular flexibility index (Phi) is 5.51. The van der Waals surface area contributed by atoms with Crippen molar-refractivity contribution in [1.29, 1.82) is 0 Å². The van der Waals surface area contributed by atoms with Crippen molar-refractivity contribution in [2.75, 3.05) is 13.1 Å². The van der Waals surface area contributed by atoms with Crippen LogP contribution in [0.1, 0.15) is 28.8 Å². The van der Waals surface area contributed by atoms with Gasteiger partial charge in [0.2, 0.25) is 0 Å². The summed E-state index contributed by atoms with van der Waals surface area (Å²) in [5, 5.41) is 2.57. The molecular weight excluding hydrogens is 407 g/mol. The number of pyridine rings is 1. The third kappa shape index (κ3) is 4.23. The number of hydrogen-bond acceptors (Lipinski definition) is 3. The molecule has 2 aromatic heterocycles. The van der Waals surface area contributed by atoms with Crippen molar-refractivity contribution >= 4 is 28.1 Å². The molecule has 31 heavy (non-hydrogen) atoms. The molecule has 3 heterocycles. The molecule has 1 aliphatic heterocycles. The molecule has 0 N–H and O–H groups in total. The average molecular weight is 431 g/mol. The molecule has 0 atom stereocenters. The lowest BCUT2D eigenvalue weighted by Crippen LogP contribution is -2.39. The maximum atomic E-state index is 14.0. The third-order valence-electron chi connectivity index (χ3n) is 6.04. The van der Waals surface area contributed by atoms with Crippen molar-refractivity contribution in [1.82, 2.24) is 9.88 Å². The lowest BCUT2D eigenvalue weighted by atomic mass is 9.90. The first-order chi connectivity index (χ1) is 15.2. The fourth-order valence-electron chi connectivity index (χ4n) is 4.38. The summed E-state index contributed by atoms with van der Waals surface area (Å²) in [4.78, 5) is 21.1. The minimum atomic E-state index is -0.353. The van der Waals surface area contributed by atoms with Gasteiger partial charge in [0.25, 0.3) is 5.91 Å². The summed E-state index contributed by atoms with van der Waals surface area (Å²) in [5.74, 6) is 0.197. The molecule has 0 unspecified atom stereocenters. The van der Waals surface area contributed by atoms with E-state index in [-0.39, 0.29) is 11.7 Å². The number of benzene rings is 2. The van der Waals surface area contributed by atoms with Gasteiger partial charge in [0, 0.05) is 18.5 Å². The number of rotatable bonds is 4. The number of halogens is 1. The van der Waals surface area contributed by atoms with E-state index in [9.17, 15) is 9.18 Å². The Morgan fingerprint density at radius 1 is 1.03 bits per heavy atom. The molecule has 0 bridgehead atoms. The molecule has 4 aromatic rings. The summed E-state index contributed by atoms with van der Waals surface area (Å²) >= 11 is 1.58. The minimum Gasteiger partial charge on any atom is -0.339 e. The van der Waals surface area contributed by atoms with Crippen LogP contribution in [0.4, 0.5) is 4.39 Å². The van der Waals surface area contributed by atoms with Crippen LogP contribution in [-0.4, -0.2) is 28.9 Å². The molecule has 2 aromatic carbocycles. The molecule has 1 fully saturated rings. The maximum Gasteiger partial charge on any atom is 0.254 e. The summed E-state index contributed by atoms with van der Waals surface area (Å²) in [5.41, 5.74) is 3.30. The van der Waals surface area contributed by atoms with Gasteiger partial charge in [-0.2, -0.15) is 0 Å². The second-order valence-corrected chi connectivity index (χ2v) is 9.07. The van der Waals surface area contributed by atoms with Crippen LogP contribution in [0.5, 0.6) is 0 Å². The number of amides is 1. The van der Waals surface area contributed by atoms with Crippen molar-refractivity contribution < 1.29 is 9.18 Å². The van der Waals surface area contributed by atoms with E-state index < -0.39 is 0 Å². The lowest BCUT2D eigenvalue weighted by Gasteiger charge is -2.32. The van der Waals surface area contributed by atoms with Crippen molar-refractivity contribution in [3.8, 4) is 10.6 Å². The first-order valence-electron chi connectivity index (χ1n) is 10.6. The van der Waals surface area contributed by atoms with E-state index in [2.05, 4.69) is 29.2 Å². The Hall–Kier alpha value is -3.05. The third-order valence-corrected chi connectivity index (χ3v) is 6.94. The summed E-state index contributed by atoms with van der Waals surface area (Å²) in [7, 11) is 0. The quantitative estimate of drug-likeness (QED) is 0.386. The standard InChI is InChI=1S/C26H23FN2OS/c27-20-8-9-23-21(16-20)22(17-24(28-23)25-7-4-14-31-25)26(30)29-12-10-19(11-13-29)15-18-5-2-1-3-6-18/h1-9,14,16-17,19H,10-13,15H2. The molecule has 1 amide bonds. The van der Waals surface area contributed by atoms with Crippen LogP contribution in [0.2, 0.25) is 0 Å². The van der Waals surface area contributed by atoms with Crippen LogP contribution in [0, 0.1) is 11.7 Å². The highest BCUT2D eigenvalue weighted by Crippen LogP contribution is 2.30. The highest BCUT2D eigenvalue weighted by atomic mass is 32.1.